The molecule has 0 amide bonds. The summed E-state index contributed by atoms with van der Waals surface area (Å²) in [6.07, 6.45) is 7.01. The zero-order valence-electron chi connectivity index (χ0n) is 11.0. The van der Waals surface area contributed by atoms with Crippen LogP contribution in [0.2, 0.25) is 0 Å². The number of hydrogen-bond acceptors (Lipinski definition) is 5. The molecule has 0 aromatic carbocycles. The van der Waals surface area contributed by atoms with Gasteiger partial charge in [0.05, 0.1) is 5.92 Å². The van der Waals surface area contributed by atoms with Crippen molar-refractivity contribution in [1.82, 2.24) is 20.4 Å². The molecule has 1 aliphatic carbocycles. The highest BCUT2D eigenvalue weighted by molar-refractivity contribution is 5.51. The molecule has 2 aromatic rings. The van der Waals surface area contributed by atoms with Crippen LogP contribution in [0.1, 0.15) is 38.0 Å². The van der Waals surface area contributed by atoms with Gasteiger partial charge in [0, 0.05) is 24.0 Å². The monoisotopic (exact) mass is 258 g/mol. The topological polar surface area (TPSA) is 63.8 Å². The second kappa shape index (κ2) is 5.48. The highest BCUT2D eigenvalue weighted by atomic mass is 16.5. The first kappa shape index (κ1) is 12.3. The summed E-state index contributed by atoms with van der Waals surface area (Å²) in [4.78, 5) is 8.62. The van der Waals surface area contributed by atoms with Crippen molar-refractivity contribution >= 4 is 0 Å². The number of nitrogens with zero attached hydrogens (tertiary/aromatic N) is 3. The molecule has 0 saturated heterocycles. The Balaban J connectivity index is 1.81. The molecule has 1 N–H and O–H groups in total. The van der Waals surface area contributed by atoms with Gasteiger partial charge >= 0.3 is 0 Å². The first-order valence-corrected chi connectivity index (χ1v) is 6.86. The summed E-state index contributed by atoms with van der Waals surface area (Å²) >= 11 is 0. The molecule has 1 saturated carbocycles. The van der Waals surface area contributed by atoms with Gasteiger partial charge in [0.15, 0.2) is 0 Å². The van der Waals surface area contributed by atoms with Crippen LogP contribution in [-0.2, 0) is 0 Å². The molecule has 19 heavy (non-hydrogen) atoms. The second-order valence-electron chi connectivity index (χ2n) is 4.90. The maximum Gasteiger partial charge on any atom is 0.231 e. The Labute approximate surface area is 112 Å². The fourth-order valence-electron chi connectivity index (χ4n) is 2.76. The Kier molecular flexibility index (Phi) is 3.55. The number of likely N-dealkylation sites (N-methyl/N-ethyl adjacent to an activating group) is 1. The molecule has 2 heterocycles. The fourth-order valence-corrected chi connectivity index (χ4v) is 2.76. The highest BCUT2D eigenvalue weighted by Gasteiger charge is 2.32. The number of rotatable bonds is 4. The predicted octanol–water partition coefficient (Wildman–Crippen LogP) is 2.38. The maximum absolute atomic E-state index is 5.45. The minimum Gasteiger partial charge on any atom is -0.339 e. The standard InChI is InChI=1S/C14H18N4O/c1-2-16-12-7-3-6-11(12)14-17-13(18-19-14)10-5-4-8-15-9-10/h4-5,8-9,11-12,16H,2-3,6-7H2,1H3. The zero-order valence-corrected chi connectivity index (χ0v) is 11.0. The lowest BCUT2D eigenvalue weighted by molar-refractivity contribution is 0.332. The molecule has 2 aromatic heterocycles. The van der Waals surface area contributed by atoms with Gasteiger partial charge in [0.2, 0.25) is 11.7 Å². The van der Waals surface area contributed by atoms with E-state index in [1.165, 1.54) is 12.8 Å². The third-order valence-electron chi connectivity index (χ3n) is 3.66. The Morgan fingerprint density at radius 1 is 1.42 bits per heavy atom. The summed E-state index contributed by atoms with van der Waals surface area (Å²) in [5.41, 5.74) is 0.899. The van der Waals surface area contributed by atoms with E-state index in [1.54, 1.807) is 12.4 Å². The Morgan fingerprint density at radius 3 is 3.16 bits per heavy atom. The molecule has 0 aliphatic heterocycles. The van der Waals surface area contributed by atoms with Crippen molar-refractivity contribution in [1.29, 1.82) is 0 Å². The molecule has 5 heteroatoms. The molecular formula is C14H18N4O. The molecular weight excluding hydrogens is 240 g/mol. The van der Waals surface area contributed by atoms with Crippen molar-refractivity contribution in [3.8, 4) is 11.4 Å². The van der Waals surface area contributed by atoms with Gasteiger partial charge in [-0.15, -0.1) is 0 Å². The lowest BCUT2D eigenvalue weighted by Crippen LogP contribution is -2.31. The molecule has 3 rings (SSSR count). The third kappa shape index (κ3) is 2.51. The first-order chi connectivity index (χ1) is 9.38. The molecule has 0 bridgehead atoms. The van der Waals surface area contributed by atoms with Gasteiger partial charge in [-0.3, -0.25) is 4.98 Å². The lowest BCUT2D eigenvalue weighted by atomic mass is 10.0. The quantitative estimate of drug-likeness (QED) is 0.912. The van der Waals surface area contributed by atoms with E-state index in [2.05, 4.69) is 27.4 Å². The van der Waals surface area contributed by atoms with Crippen molar-refractivity contribution in [3.63, 3.8) is 0 Å². The minimum atomic E-state index is 0.345. The first-order valence-electron chi connectivity index (χ1n) is 6.86. The average Bonchev–Trinajstić information content (AvgIpc) is 3.08. The summed E-state index contributed by atoms with van der Waals surface area (Å²) in [6, 6.07) is 4.28. The van der Waals surface area contributed by atoms with Crippen molar-refractivity contribution in [2.24, 2.45) is 0 Å². The van der Waals surface area contributed by atoms with Crippen LogP contribution in [0, 0.1) is 0 Å². The van der Waals surface area contributed by atoms with E-state index in [-0.39, 0.29) is 0 Å². The van der Waals surface area contributed by atoms with Crippen molar-refractivity contribution in [2.45, 2.75) is 38.1 Å². The van der Waals surface area contributed by atoms with E-state index in [4.69, 9.17) is 4.52 Å². The number of hydrogen-bond donors (Lipinski definition) is 1. The van der Waals surface area contributed by atoms with Crippen LogP contribution >= 0.6 is 0 Å². The molecule has 0 radical (unpaired) electrons. The lowest BCUT2D eigenvalue weighted by Gasteiger charge is -2.16. The van der Waals surface area contributed by atoms with Crippen molar-refractivity contribution in [2.75, 3.05) is 6.54 Å². The highest BCUT2D eigenvalue weighted by Crippen LogP contribution is 2.34. The van der Waals surface area contributed by atoms with Gasteiger partial charge in [-0.2, -0.15) is 4.98 Å². The summed E-state index contributed by atoms with van der Waals surface area (Å²) in [5.74, 6) is 1.73. The van der Waals surface area contributed by atoms with Crippen LogP contribution in [0.15, 0.2) is 29.0 Å². The molecule has 0 spiro atoms. The molecule has 5 nitrogen and oxygen atoms in total. The van der Waals surface area contributed by atoms with E-state index in [0.29, 0.717) is 17.8 Å². The number of nitrogens with one attached hydrogen (secondary N) is 1. The predicted molar refractivity (Wildman–Crippen MR) is 71.6 cm³/mol. The fraction of sp³-hybridized carbons (Fsp3) is 0.500. The van der Waals surface area contributed by atoms with E-state index in [0.717, 1.165) is 24.4 Å². The minimum absolute atomic E-state index is 0.345. The van der Waals surface area contributed by atoms with Crippen LogP contribution in [0.5, 0.6) is 0 Å². The van der Waals surface area contributed by atoms with E-state index >= 15 is 0 Å². The van der Waals surface area contributed by atoms with E-state index in [9.17, 15) is 0 Å². The third-order valence-corrected chi connectivity index (χ3v) is 3.66. The summed E-state index contributed by atoms with van der Waals surface area (Å²) < 4.78 is 5.45. The normalized spacial score (nSPS) is 22.8. The summed E-state index contributed by atoms with van der Waals surface area (Å²) in [5, 5.41) is 7.57. The van der Waals surface area contributed by atoms with Gasteiger partial charge in [-0.05, 0) is 31.5 Å². The SMILES string of the molecule is CCNC1CCCC1c1nc(-c2cccnc2)no1. The van der Waals surface area contributed by atoms with Gasteiger partial charge < -0.3 is 9.84 Å². The number of aromatic nitrogens is 3. The molecule has 100 valence electrons. The van der Waals surface area contributed by atoms with Crippen LogP contribution in [0.25, 0.3) is 11.4 Å². The van der Waals surface area contributed by atoms with Crippen LogP contribution < -0.4 is 5.32 Å². The Bertz CT molecular complexity index is 525. The molecule has 1 aliphatic rings. The average molecular weight is 258 g/mol. The van der Waals surface area contributed by atoms with Crippen molar-refractivity contribution < 1.29 is 4.52 Å². The maximum atomic E-state index is 5.45. The Morgan fingerprint density at radius 2 is 2.37 bits per heavy atom. The van der Waals surface area contributed by atoms with Gasteiger partial charge in [-0.25, -0.2) is 0 Å². The molecule has 2 atom stereocenters. The second-order valence-corrected chi connectivity index (χ2v) is 4.90. The van der Waals surface area contributed by atoms with Crippen LogP contribution in [0.3, 0.4) is 0 Å². The van der Waals surface area contributed by atoms with Crippen LogP contribution in [-0.4, -0.2) is 27.7 Å². The number of pyridine rings is 1. The summed E-state index contributed by atoms with van der Waals surface area (Å²) in [7, 11) is 0. The van der Waals surface area contributed by atoms with Gasteiger partial charge in [0.1, 0.15) is 0 Å². The van der Waals surface area contributed by atoms with E-state index < -0.39 is 0 Å². The Hall–Kier alpha value is -1.75. The zero-order chi connectivity index (χ0) is 13.1. The molecule has 1 fully saturated rings. The van der Waals surface area contributed by atoms with Gasteiger partial charge in [0.25, 0.3) is 0 Å². The van der Waals surface area contributed by atoms with Crippen molar-refractivity contribution in [3.05, 3.63) is 30.4 Å². The van der Waals surface area contributed by atoms with Crippen LogP contribution in [0.4, 0.5) is 0 Å². The molecule has 2 unspecified atom stereocenters. The summed E-state index contributed by atoms with van der Waals surface area (Å²) in [6.45, 7) is 3.11. The van der Waals surface area contributed by atoms with E-state index in [1.807, 2.05) is 12.1 Å². The van der Waals surface area contributed by atoms with Gasteiger partial charge in [-0.1, -0.05) is 18.5 Å². The smallest absolute Gasteiger partial charge is 0.231 e. The largest absolute Gasteiger partial charge is 0.339 e.